The highest BCUT2D eigenvalue weighted by molar-refractivity contribution is 7.18. The summed E-state index contributed by atoms with van der Waals surface area (Å²) >= 11 is 1.68. The molecule has 2 aromatic heterocycles. The van der Waals surface area contributed by atoms with Crippen molar-refractivity contribution < 1.29 is 0 Å². The van der Waals surface area contributed by atoms with Gasteiger partial charge in [-0.25, -0.2) is 4.98 Å². The van der Waals surface area contributed by atoms with Crippen LogP contribution in [0.25, 0.3) is 10.2 Å². The maximum atomic E-state index is 12.5. The molecule has 0 unspecified atom stereocenters. The molecule has 2 N–H and O–H groups in total. The summed E-state index contributed by atoms with van der Waals surface area (Å²) in [6.45, 7) is 4.89. The third kappa shape index (κ3) is 2.73. The van der Waals surface area contributed by atoms with E-state index in [-0.39, 0.29) is 5.56 Å². The Morgan fingerprint density at radius 3 is 3.04 bits per heavy atom. The smallest absolute Gasteiger partial charge is 0.259 e. The fourth-order valence-corrected chi connectivity index (χ4v) is 4.61. The molecule has 5 heteroatoms. The van der Waals surface area contributed by atoms with E-state index in [1.165, 1.54) is 16.0 Å². The van der Waals surface area contributed by atoms with Gasteiger partial charge in [0.05, 0.1) is 11.9 Å². The van der Waals surface area contributed by atoms with E-state index < -0.39 is 0 Å². The number of hydrogen-bond donors (Lipinski definition) is 2. The molecule has 1 aromatic carbocycles. The lowest BCUT2D eigenvalue weighted by atomic mass is 10.0. The van der Waals surface area contributed by atoms with Crippen molar-refractivity contribution in [1.29, 1.82) is 0 Å². The van der Waals surface area contributed by atoms with E-state index in [0.29, 0.717) is 18.3 Å². The van der Waals surface area contributed by atoms with Gasteiger partial charge in [-0.15, -0.1) is 11.3 Å². The van der Waals surface area contributed by atoms with Crippen molar-refractivity contribution in [3.05, 3.63) is 56.4 Å². The monoisotopic (exact) mass is 339 g/mol. The van der Waals surface area contributed by atoms with Crippen LogP contribution in [0.4, 0.5) is 5.69 Å². The number of nitrogens with one attached hydrogen (secondary N) is 2. The molecule has 0 atom stereocenters. The Bertz CT molecular complexity index is 955. The number of H-pyrrole nitrogens is 1. The minimum absolute atomic E-state index is 0.00660. The van der Waals surface area contributed by atoms with Crippen LogP contribution >= 0.6 is 11.3 Å². The second-order valence-corrected chi connectivity index (χ2v) is 7.77. The van der Waals surface area contributed by atoms with Crippen molar-refractivity contribution in [2.45, 2.75) is 45.6 Å². The Morgan fingerprint density at radius 1 is 1.33 bits per heavy atom. The molecule has 0 bridgehead atoms. The molecule has 0 fully saturated rings. The third-order valence-electron chi connectivity index (χ3n) is 4.64. The lowest BCUT2D eigenvalue weighted by molar-refractivity contribution is 0.866. The highest BCUT2D eigenvalue weighted by atomic mass is 32.1. The van der Waals surface area contributed by atoms with E-state index in [4.69, 9.17) is 0 Å². The standard InChI is InChI=1S/C19H21N3OS/c1-11(2)12-5-3-6-13(9-12)20-10-16-21-18(23)17-14-7-4-8-15(14)24-19(17)22-16/h3,5-6,9,11,20H,4,7-8,10H2,1-2H3,(H,21,22,23). The summed E-state index contributed by atoms with van der Waals surface area (Å²) in [5, 5.41) is 4.19. The average Bonchev–Trinajstić information content (AvgIpc) is 3.13. The molecule has 24 heavy (non-hydrogen) atoms. The van der Waals surface area contributed by atoms with Gasteiger partial charge in [-0.2, -0.15) is 0 Å². The summed E-state index contributed by atoms with van der Waals surface area (Å²) < 4.78 is 0. The van der Waals surface area contributed by atoms with Gasteiger partial charge in [0.25, 0.3) is 5.56 Å². The number of aromatic nitrogens is 2. The highest BCUT2D eigenvalue weighted by Gasteiger charge is 2.20. The van der Waals surface area contributed by atoms with Gasteiger partial charge in [-0.3, -0.25) is 4.79 Å². The van der Waals surface area contributed by atoms with E-state index in [0.717, 1.165) is 35.2 Å². The van der Waals surface area contributed by atoms with Gasteiger partial charge in [0.2, 0.25) is 0 Å². The topological polar surface area (TPSA) is 57.8 Å². The Morgan fingerprint density at radius 2 is 2.21 bits per heavy atom. The number of anilines is 1. The van der Waals surface area contributed by atoms with Gasteiger partial charge >= 0.3 is 0 Å². The molecule has 0 saturated carbocycles. The number of thiophene rings is 1. The first-order chi connectivity index (χ1) is 11.6. The summed E-state index contributed by atoms with van der Waals surface area (Å²) in [4.78, 5) is 22.3. The summed E-state index contributed by atoms with van der Waals surface area (Å²) in [5.74, 6) is 1.19. The van der Waals surface area contributed by atoms with Crippen LogP contribution in [-0.2, 0) is 19.4 Å². The van der Waals surface area contributed by atoms with Crippen LogP contribution in [0.2, 0.25) is 0 Å². The Balaban J connectivity index is 1.59. The molecule has 4 nitrogen and oxygen atoms in total. The Hall–Kier alpha value is -2.14. The van der Waals surface area contributed by atoms with Crippen LogP contribution < -0.4 is 10.9 Å². The summed E-state index contributed by atoms with van der Waals surface area (Å²) in [7, 11) is 0. The number of benzene rings is 1. The zero-order chi connectivity index (χ0) is 16.7. The normalized spacial score (nSPS) is 13.6. The third-order valence-corrected chi connectivity index (χ3v) is 5.82. The first-order valence-electron chi connectivity index (χ1n) is 8.49. The molecule has 3 aromatic rings. The van der Waals surface area contributed by atoms with Crippen LogP contribution in [-0.4, -0.2) is 9.97 Å². The number of hydrogen-bond acceptors (Lipinski definition) is 4. The number of rotatable bonds is 4. The predicted octanol–water partition coefficient (Wildman–Crippen LogP) is 4.21. The fourth-order valence-electron chi connectivity index (χ4n) is 3.32. The van der Waals surface area contributed by atoms with Crippen LogP contribution in [0.3, 0.4) is 0 Å². The quantitative estimate of drug-likeness (QED) is 0.748. The number of aryl methyl sites for hydroxylation is 2. The number of aromatic amines is 1. The van der Waals surface area contributed by atoms with Crippen molar-refractivity contribution in [2.75, 3.05) is 5.32 Å². The van der Waals surface area contributed by atoms with Crippen molar-refractivity contribution in [3.8, 4) is 0 Å². The van der Waals surface area contributed by atoms with E-state index in [1.54, 1.807) is 11.3 Å². The summed E-state index contributed by atoms with van der Waals surface area (Å²) in [5.41, 5.74) is 3.59. The van der Waals surface area contributed by atoms with Gasteiger partial charge in [-0.1, -0.05) is 26.0 Å². The second kappa shape index (κ2) is 6.06. The molecule has 1 aliphatic carbocycles. The van der Waals surface area contributed by atoms with Crippen LogP contribution in [0.1, 0.15) is 48.0 Å². The Kier molecular flexibility index (Phi) is 3.88. The molecule has 4 rings (SSSR count). The first-order valence-corrected chi connectivity index (χ1v) is 9.31. The molecule has 0 spiro atoms. The highest BCUT2D eigenvalue weighted by Crippen LogP contribution is 2.34. The molecule has 124 valence electrons. The van der Waals surface area contributed by atoms with E-state index in [2.05, 4.69) is 47.3 Å². The largest absolute Gasteiger partial charge is 0.378 e. The van der Waals surface area contributed by atoms with Gasteiger partial charge in [0.15, 0.2) is 0 Å². The summed E-state index contributed by atoms with van der Waals surface area (Å²) in [6, 6.07) is 8.39. The SMILES string of the molecule is CC(C)c1cccc(NCc2nc3sc4c(c3c(=O)[nH]2)CCC4)c1. The van der Waals surface area contributed by atoms with Gasteiger partial charge < -0.3 is 10.3 Å². The average molecular weight is 339 g/mol. The molecule has 2 heterocycles. The number of nitrogens with zero attached hydrogens (tertiary/aromatic N) is 1. The molecule has 0 saturated heterocycles. The number of fused-ring (bicyclic) bond motifs is 3. The lowest BCUT2D eigenvalue weighted by Crippen LogP contribution is -2.14. The minimum atomic E-state index is 0.00660. The molecule has 0 aliphatic heterocycles. The van der Waals surface area contributed by atoms with Crippen molar-refractivity contribution >= 4 is 27.2 Å². The maximum absolute atomic E-state index is 12.5. The molecular weight excluding hydrogens is 318 g/mol. The van der Waals surface area contributed by atoms with Crippen molar-refractivity contribution in [1.82, 2.24) is 9.97 Å². The van der Waals surface area contributed by atoms with Crippen molar-refractivity contribution in [2.24, 2.45) is 0 Å². The van der Waals surface area contributed by atoms with E-state index in [1.807, 2.05) is 6.07 Å². The summed E-state index contributed by atoms with van der Waals surface area (Å²) in [6.07, 6.45) is 3.26. The van der Waals surface area contributed by atoms with Crippen LogP contribution in [0.15, 0.2) is 29.1 Å². The van der Waals surface area contributed by atoms with E-state index in [9.17, 15) is 4.79 Å². The molecule has 0 radical (unpaired) electrons. The first kappa shape index (κ1) is 15.4. The van der Waals surface area contributed by atoms with E-state index >= 15 is 0 Å². The fraction of sp³-hybridized carbons (Fsp3) is 0.368. The minimum Gasteiger partial charge on any atom is -0.378 e. The van der Waals surface area contributed by atoms with Gasteiger partial charge in [0, 0.05) is 10.6 Å². The van der Waals surface area contributed by atoms with Crippen LogP contribution in [0.5, 0.6) is 0 Å². The lowest BCUT2D eigenvalue weighted by Gasteiger charge is -2.10. The predicted molar refractivity (Wildman–Crippen MR) is 100 cm³/mol. The maximum Gasteiger partial charge on any atom is 0.259 e. The van der Waals surface area contributed by atoms with Crippen LogP contribution in [0, 0.1) is 0 Å². The second-order valence-electron chi connectivity index (χ2n) is 6.68. The zero-order valence-electron chi connectivity index (χ0n) is 14.0. The molecule has 1 aliphatic rings. The van der Waals surface area contributed by atoms with Gasteiger partial charge in [0.1, 0.15) is 10.7 Å². The zero-order valence-corrected chi connectivity index (χ0v) is 14.8. The molecular formula is C19H21N3OS. The molecule has 0 amide bonds. The van der Waals surface area contributed by atoms with Crippen molar-refractivity contribution in [3.63, 3.8) is 0 Å². The Labute approximate surface area is 145 Å². The van der Waals surface area contributed by atoms with Gasteiger partial charge in [-0.05, 0) is 48.4 Å².